The summed E-state index contributed by atoms with van der Waals surface area (Å²) in [5.41, 5.74) is 5.19. The predicted molar refractivity (Wildman–Crippen MR) is 64.8 cm³/mol. The lowest BCUT2D eigenvalue weighted by Crippen LogP contribution is -2.29. The molecule has 0 aliphatic carbocycles. The summed E-state index contributed by atoms with van der Waals surface area (Å²) in [6.07, 6.45) is -3.72. The minimum atomic E-state index is -5.08. The average Bonchev–Trinajstić information content (AvgIpc) is 2.37. The van der Waals surface area contributed by atoms with Crippen LogP contribution in [-0.2, 0) is 14.4 Å². The minimum absolute atomic E-state index is 0.00403. The molecule has 0 aliphatic heterocycles. The molecule has 0 saturated carbocycles. The van der Waals surface area contributed by atoms with E-state index < -0.39 is 36.8 Å². The van der Waals surface area contributed by atoms with Crippen molar-refractivity contribution in [3.63, 3.8) is 0 Å². The van der Waals surface area contributed by atoms with E-state index in [0.717, 1.165) is 0 Å². The lowest BCUT2D eigenvalue weighted by Gasteiger charge is -2.04. The molecule has 128 valence electrons. The maximum absolute atomic E-state index is 11.8. The molecule has 0 bridgehead atoms. The normalized spacial score (nSPS) is 12.9. The third-order valence-corrected chi connectivity index (χ3v) is 2.03. The van der Waals surface area contributed by atoms with E-state index in [9.17, 15) is 27.2 Å². The number of carbonyl (C=O) groups is 3. The highest BCUT2D eigenvalue weighted by molar-refractivity contribution is 5.86. The Labute approximate surface area is 122 Å². The first-order valence-electron chi connectivity index (χ1n) is 5.70. The Bertz CT molecular complexity index is 421. The number of carboxylic acid groups (broad SMARTS) is 3. The lowest BCUT2D eigenvalue weighted by atomic mass is 10.1. The van der Waals surface area contributed by atoms with Crippen molar-refractivity contribution in [1.29, 1.82) is 0 Å². The topological polar surface area (TPSA) is 138 Å². The second-order valence-corrected chi connectivity index (χ2v) is 3.81. The highest BCUT2D eigenvalue weighted by Crippen LogP contribution is 2.13. The summed E-state index contributed by atoms with van der Waals surface area (Å²) in [5.74, 6) is -5.12. The second-order valence-electron chi connectivity index (χ2n) is 3.81. The molecule has 0 amide bonds. The summed E-state index contributed by atoms with van der Waals surface area (Å²) in [4.78, 5) is 29.8. The quantitative estimate of drug-likeness (QED) is 0.405. The highest BCUT2D eigenvalue weighted by atomic mass is 19.4. The van der Waals surface area contributed by atoms with Gasteiger partial charge in [-0.15, -0.1) is 0 Å². The first kappa shape index (κ1) is 22.1. The van der Waals surface area contributed by atoms with Crippen molar-refractivity contribution in [3.05, 3.63) is 11.6 Å². The zero-order valence-electron chi connectivity index (χ0n) is 11.1. The van der Waals surface area contributed by atoms with Crippen molar-refractivity contribution in [3.8, 4) is 0 Å². The van der Waals surface area contributed by atoms with Crippen LogP contribution in [0.15, 0.2) is 11.6 Å². The summed E-state index contributed by atoms with van der Waals surface area (Å²) in [6.45, 7) is -0.602. The number of hydrogen-bond donors (Lipinski definition) is 4. The Balaban J connectivity index is 0. The Hall–Kier alpha value is -2.17. The first-order valence-corrected chi connectivity index (χ1v) is 5.70. The predicted octanol–water partition coefficient (Wildman–Crippen LogP) is 1.18. The van der Waals surface area contributed by atoms with Gasteiger partial charge >= 0.3 is 24.1 Å². The number of nitrogens with two attached hydrogens (primary N) is 1. The maximum atomic E-state index is 11.8. The molecule has 0 unspecified atom stereocenters. The van der Waals surface area contributed by atoms with Gasteiger partial charge < -0.3 is 21.1 Å². The van der Waals surface area contributed by atoms with Gasteiger partial charge in [0.1, 0.15) is 6.04 Å². The largest absolute Gasteiger partial charge is 0.490 e. The van der Waals surface area contributed by atoms with Gasteiger partial charge in [0, 0.05) is 5.57 Å². The number of halogens is 4. The molecule has 0 aromatic heterocycles. The average molecular weight is 333 g/mol. The summed E-state index contributed by atoms with van der Waals surface area (Å²) < 4.78 is 43.5. The molecular formula is C11H15F4NO6. The SMILES string of the molecule is N[C@@H](CC=C(CCCF)C(=O)O)C(=O)O.O=C(O)C(F)(F)F. The molecule has 22 heavy (non-hydrogen) atoms. The monoisotopic (exact) mass is 333 g/mol. The minimum Gasteiger partial charge on any atom is -0.480 e. The molecule has 0 rings (SSSR count). The lowest BCUT2D eigenvalue weighted by molar-refractivity contribution is -0.192. The number of aliphatic carboxylic acids is 3. The van der Waals surface area contributed by atoms with Gasteiger partial charge in [0.25, 0.3) is 0 Å². The molecule has 0 radical (unpaired) electrons. The molecule has 0 fully saturated rings. The van der Waals surface area contributed by atoms with Crippen molar-refractivity contribution < 1.29 is 47.3 Å². The summed E-state index contributed by atoms with van der Waals surface area (Å²) in [7, 11) is 0. The van der Waals surface area contributed by atoms with Crippen LogP contribution in [0.5, 0.6) is 0 Å². The first-order chi connectivity index (χ1) is 9.93. The van der Waals surface area contributed by atoms with Crippen molar-refractivity contribution in [1.82, 2.24) is 0 Å². The fourth-order valence-corrected chi connectivity index (χ4v) is 0.924. The van der Waals surface area contributed by atoms with Crippen LogP contribution in [-0.4, -0.2) is 52.1 Å². The molecule has 0 saturated heterocycles. The molecular weight excluding hydrogens is 318 g/mol. The van der Waals surface area contributed by atoms with E-state index >= 15 is 0 Å². The molecule has 0 heterocycles. The van der Waals surface area contributed by atoms with Crippen LogP contribution in [0.4, 0.5) is 17.6 Å². The van der Waals surface area contributed by atoms with Gasteiger partial charge in [-0.1, -0.05) is 6.08 Å². The van der Waals surface area contributed by atoms with Gasteiger partial charge in [-0.05, 0) is 19.3 Å². The van der Waals surface area contributed by atoms with Gasteiger partial charge in [-0.25, -0.2) is 9.59 Å². The van der Waals surface area contributed by atoms with E-state index in [2.05, 4.69) is 0 Å². The van der Waals surface area contributed by atoms with E-state index in [1.165, 1.54) is 6.08 Å². The molecule has 0 spiro atoms. The third kappa shape index (κ3) is 11.6. The van der Waals surface area contributed by atoms with Crippen LogP contribution in [0, 0.1) is 0 Å². The second kappa shape index (κ2) is 10.5. The molecule has 11 heteroatoms. The van der Waals surface area contributed by atoms with Crippen LogP contribution in [0.1, 0.15) is 19.3 Å². The van der Waals surface area contributed by atoms with Gasteiger partial charge in [0.05, 0.1) is 6.67 Å². The van der Waals surface area contributed by atoms with E-state index in [1.807, 2.05) is 0 Å². The van der Waals surface area contributed by atoms with Gasteiger partial charge in [-0.2, -0.15) is 13.2 Å². The van der Waals surface area contributed by atoms with Crippen LogP contribution in [0.2, 0.25) is 0 Å². The Morgan fingerprint density at radius 2 is 1.59 bits per heavy atom. The van der Waals surface area contributed by atoms with E-state index in [4.69, 9.17) is 25.8 Å². The number of hydrogen-bond acceptors (Lipinski definition) is 4. The van der Waals surface area contributed by atoms with E-state index in [0.29, 0.717) is 0 Å². The Morgan fingerprint density at radius 3 is 1.86 bits per heavy atom. The molecule has 0 aliphatic rings. The van der Waals surface area contributed by atoms with Gasteiger partial charge in [-0.3, -0.25) is 9.18 Å². The molecule has 0 aromatic carbocycles. The standard InChI is InChI=1S/C9H14FNO4.C2HF3O2/c10-5-1-2-6(8(12)13)3-4-7(11)9(14)15;3-2(4,5)1(6)7/h3,7H,1-2,4-5,11H2,(H,12,13)(H,14,15);(H,6,7)/t7-;/m0./s1. The molecule has 0 aromatic rings. The van der Waals surface area contributed by atoms with E-state index in [-0.39, 0.29) is 24.8 Å². The zero-order valence-corrected chi connectivity index (χ0v) is 11.1. The van der Waals surface area contributed by atoms with Crippen molar-refractivity contribution in [2.24, 2.45) is 5.73 Å². The number of carboxylic acids is 3. The fourth-order valence-electron chi connectivity index (χ4n) is 0.924. The van der Waals surface area contributed by atoms with Crippen molar-refractivity contribution >= 4 is 17.9 Å². The van der Waals surface area contributed by atoms with Crippen LogP contribution in [0.25, 0.3) is 0 Å². The van der Waals surface area contributed by atoms with Crippen molar-refractivity contribution in [2.45, 2.75) is 31.5 Å². The van der Waals surface area contributed by atoms with Crippen LogP contribution >= 0.6 is 0 Å². The highest BCUT2D eigenvalue weighted by Gasteiger charge is 2.38. The summed E-state index contributed by atoms with van der Waals surface area (Å²) in [5, 5.41) is 24.2. The van der Waals surface area contributed by atoms with Gasteiger partial charge in [0.2, 0.25) is 0 Å². The maximum Gasteiger partial charge on any atom is 0.490 e. The Morgan fingerprint density at radius 1 is 1.14 bits per heavy atom. The number of rotatable bonds is 7. The fraction of sp³-hybridized carbons (Fsp3) is 0.545. The molecule has 1 atom stereocenters. The van der Waals surface area contributed by atoms with E-state index in [1.54, 1.807) is 0 Å². The van der Waals surface area contributed by atoms with Crippen LogP contribution < -0.4 is 5.73 Å². The third-order valence-electron chi connectivity index (χ3n) is 2.03. The molecule has 7 nitrogen and oxygen atoms in total. The summed E-state index contributed by atoms with van der Waals surface area (Å²) >= 11 is 0. The number of alkyl halides is 4. The zero-order chi connectivity index (χ0) is 17.9. The van der Waals surface area contributed by atoms with Crippen molar-refractivity contribution in [2.75, 3.05) is 6.67 Å². The smallest absolute Gasteiger partial charge is 0.480 e. The Kier molecular flexibility index (Phi) is 10.6. The van der Waals surface area contributed by atoms with Gasteiger partial charge in [0.15, 0.2) is 0 Å². The van der Waals surface area contributed by atoms with Crippen LogP contribution in [0.3, 0.4) is 0 Å². The summed E-state index contributed by atoms with van der Waals surface area (Å²) in [6, 6.07) is -1.12. The molecule has 5 N–H and O–H groups in total.